The Morgan fingerprint density at radius 1 is 0.400 bits per heavy atom. The van der Waals surface area contributed by atoms with Crippen molar-refractivity contribution in [3.8, 4) is 45.3 Å². The molecule has 284 valence electrons. The number of nitrogens with zero attached hydrogens (tertiary/aromatic N) is 3. The number of para-hydroxylation sites is 2. The van der Waals surface area contributed by atoms with E-state index >= 15 is 0 Å². The minimum Gasteiger partial charge on any atom is -0.455 e. The second-order valence-electron chi connectivity index (χ2n) is 16.3. The molecule has 1 spiro atoms. The van der Waals surface area contributed by atoms with E-state index in [1.54, 1.807) is 0 Å². The van der Waals surface area contributed by atoms with E-state index in [2.05, 4.69) is 172 Å². The van der Waals surface area contributed by atoms with Gasteiger partial charge in [-0.05, 0) is 51.1 Å². The molecule has 0 radical (unpaired) electrons. The first-order valence-corrected chi connectivity index (χ1v) is 21.3. The molecule has 0 unspecified atom stereocenters. The first-order valence-electron chi connectivity index (χ1n) is 20.4. The summed E-state index contributed by atoms with van der Waals surface area (Å²) in [5.41, 5.74) is 13.9. The van der Waals surface area contributed by atoms with Crippen molar-refractivity contribution >= 4 is 33.7 Å². The van der Waals surface area contributed by atoms with E-state index in [0.717, 1.165) is 54.7 Å². The van der Waals surface area contributed by atoms with E-state index < -0.39 is 5.41 Å². The molecule has 2 aliphatic rings. The summed E-state index contributed by atoms with van der Waals surface area (Å²) in [6.07, 6.45) is 0. The SMILES string of the molecule is CC1(C)c2ccccc2C2(c3ccccc3Sc3c(-c4nc(-c5ccccc5)nc(-c5ccc(-c6cccc7c6oc6ccccc67)cc5)n4)cccc32)c2ccccc21. The summed E-state index contributed by atoms with van der Waals surface area (Å²) in [7, 11) is 0. The van der Waals surface area contributed by atoms with Gasteiger partial charge in [-0.2, -0.15) is 0 Å². The van der Waals surface area contributed by atoms with Crippen molar-refractivity contribution in [2.75, 3.05) is 0 Å². The standard InChI is InChI=1S/C55H37N3OS/c1-54(2)41-22-7-9-24-43(41)55(44-25-10-8-23-42(44)54)45-26-11-13-29-48(45)60-50-40(21-15-27-46(50)55)53-57-51(35-16-4-3-5-17-35)56-52(58-53)36-32-30-34(31-33-36)37-19-14-20-39-38-18-6-12-28-47(38)59-49(37)39/h3-33H,1-2H3. The van der Waals surface area contributed by atoms with Crippen LogP contribution < -0.4 is 0 Å². The van der Waals surface area contributed by atoms with E-state index in [0.29, 0.717) is 17.5 Å². The Bertz CT molecular complexity index is 3280. The maximum Gasteiger partial charge on any atom is 0.165 e. The third-order valence-corrected chi connectivity index (χ3v) is 13.9. The number of rotatable bonds is 4. The van der Waals surface area contributed by atoms with Gasteiger partial charge in [0.25, 0.3) is 0 Å². The van der Waals surface area contributed by atoms with Crippen molar-refractivity contribution in [3.63, 3.8) is 0 Å². The molecule has 4 nitrogen and oxygen atoms in total. The Hall–Kier alpha value is -7.08. The zero-order valence-electron chi connectivity index (χ0n) is 33.1. The lowest BCUT2D eigenvalue weighted by atomic mass is 9.54. The van der Waals surface area contributed by atoms with E-state index in [1.807, 2.05) is 42.1 Å². The van der Waals surface area contributed by atoms with Crippen LogP contribution >= 0.6 is 11.8 Å². The minimum atomic E-state index is -0.549. The molecule has 1 aliphatic heterocycles. The highest BCUT2D eigenvalue weighted by atomic mass is 32.2. The molecule has 0 N–H and O–H groups in total. The second-order valence-corrected chi connectivity index (χ2v) is 17.3. The highest BCUT2D eigenvalue weighted by molar-refractivity contribution is 7.99. The molecular formula is C55H37N3OS. The van der Waals surface area contributed by atoms with Gasteiger partial charge >= 0.3 is 0 Å². The van der Waals surface area contributed by atoms with E-state index in [1.165, 1.54) is 38.3 Å². The Kier molecular flexibility index (Phi) is 7.69. The molecule has 1 aliphatic carbocycles. The highest BCUT2D eigenvalue weighted by Gasteiger charge is 2.52. The molecule has 0 fully saturated rings. The van der Waals surface area contributed by atoms with Crippen molar-refractivity contribution in [1.82, 2.24) is 15.0 Å². The fourth-order valence-corrected chi connectivity index (χ4v) is 11.2. The predicted octanol–water partition coefficient (Wildman–Crippen LogP) is 13.9. The summed E-state index contributed by atoms with van der Waals surface area (Å²) in [6.45, 7) is 4.73. The first-order chi connectivity index (χ1) is 29.5. The largest absolute Gasteiger partial charge is 0.455 e. The van der Waals surface area contributed by atoms with Crippen LogP contribution in [0.4, 0.5) is 0 Å². The Morgan fingerprint density at radius 3 is 1.65 bits per heavy atom. The lowest BCUT2D eigenvalue weighted by Crippen LogP contribution is -2.43. The zero-order chi connectivity index (χ0) is 40.0. The summed E-state index contributed by atoms with van der Waals surface area (Å²) >= 11 is 1.82. The van der Waals surface area contributed by atoms with Crippen LogP contribution in [0.2, 0.25) is 0 Å². The van der Waals surface area contributed by atoms with Crippen LogP contribution in [0.1, 0.15) is 47.2 Å². The van der Waals surface area contributed by atoms with Crippen LogP contribution in [-0.2, 0) is 10.8 Å². The summed E-state index contributed by atoms with van der Waals surface area (Å²) in [5.74, 6) is 1.90. The van der Waals surface area contributed by atoms with Crippen LogP contribution in [0.15, 0.2) is 202 Å². The van der Waals surface area contributed by atoms with Crippen LogP contribution in [0.25, 0.3) is 67.2 Å². The fourth-order valence-electron chi connectivity index (χ4n) is 9.93. The minimum absolute atomic E-state index is 0.183. The van der Waals surface area contributed by atoms with Crippen molar-refractivity contribution in [2.24, 2.45) is 0 Å². The van der Waals surface area contributed by atoms with Gasteiger partial charge in [-0.1, -0.05) is 202 Å². The molecule has 8 aromatic carbocycles. The molecule has 2 aromatic heterocycles. The maximum absolute atomic E-state index is 6.41. The normalized spacial score (nSPS) is 14.4. The lowest BCUT2D eigenvalue weighted by molar-refractivity contribution is 0.549. The second kappa shape index (κ2) is 13.2. The molecular weight excluding hydrogens is 751 g/mol. The molecule has 12 rings (SSSR count). The predicted molar refractivity (Wildman–Crippen MR) is 243 cm³/mol. The smallest absolute Gasteiger partial charge is 0.165 e. The molecule has 3 heterocycles. The van der Waals surface area contributed by atoms with Crippen molar-refractivity contribution in [1.29, 1.82) is 0 Å². The monoisotopic (exact) mass is 787 g/mol. The summed E-state index contributed by atoms with van der Waals surface area (Å²) in [6, 6.07) is 67.1. The van der Waals surface area contributed by atoms with E-state index in [9.17, 15) is 0 Å². The Labute approximate surface area is 352 Å². The van der Waals surface area contributed by atoms with Gasteiger partial charge in [-0.25, -0.2) is 15.0 Å². The highest BCUT2D eigenvalue weighted by Crippen LogP contribution is 2.62. The molecule has 60 heavy (non-hydrogen) atoms. The summed E-state index contributed by atoms with van der Waals surface area (Å²) < 4.78 is 6.41. The number of hydrogen-bond donors (Lipinski definition) is 0. The molecule has 0 saturated heterocycles. The van der Waals surface area contributed by atoms with Gasteiger partial charge in [-0.15, -0.1) is 0 Å². The third-order valence-electron chi connectivity index (χ3n) is 12.7. The quantitative estimate of drug-likeness (QED) is 0.178. The fraction of sp³-hybridized carbons (Fsp3) is 0.0727. The number of fused-ring (bicyclic) bond motifs is 11. The number of furan rings is 1. The molecule has 10 aromatic rings. The molecule has 0 amide bonds. The van der Waals surface area contributed by atoms with E-state index in [4.69, 9.17) is 19.4 Å². The van der Waals surface area contributed by atoms with Gasteiger partial charge in [0.15, 0.2) is 17.5 Å². The molecule has 5 heteroatoms. The first kappa shape index (κ1) is 34.9. The lowest BCUT2D eigenvalue weighted by Gasteiger charge is -2.50. The maximum atomic E-state index is 6.41. The average Bonchev–Trinajstić information content (AvgIpc) is 3.70. The van der Waals surface area contributed by atoms with Gasteiger partial charge in [-0.3, -0.25) is 0 Å². The summed E-state index contributed by atoms with van der Waals surface area (Å²) in [5, 5.41) is 2.23. The zero-order valence-corrected chi connectivity index (χ0v) is 33.9. The van der Waals surface area contributed by atoms with E-state index in [-0.39, 0.29) is 5.41 Å². The molecule has 0 saturated carbocycles. The molecule has 0 atom stereocenters. The number of aromatic nitrogens is 3. The van der Waals surface area contributed by atoms with Gasteiger partial charge in [0.2, 0.25) is 0 Å². The van der Waals surface area contributed by atoms with Gasteiger partial charge in [0.05, 0.1) is 5.41 Å². The number of hydrogen-bond acceptors (Lipinski definition) is 5. The third kappa shape index (κ3) is 5.02. The number of benzene rings is 8. The Morgan fingerprint density at radius 2 is 0.917 bits per heavy atom. The van der Waals surface area contributed by atoms with Crippen molar-refractivity contribution in [3.05, 3.63) is 221 Å². The van der Waals surface area contributed by atoms with Crippen molar-refractivity contribution < 1.29 is 4.42 Å². The van der Waals surface area contributed by atoms with Crippen molar-refractivity contribution in [2.45, 2.75) is 34.5 Å². The van der Waals surface area contributed by atoms with Gasteiger partial charge < -0.3 is 4.42 Å². The summed E-state index contributed by atoms with van der Waals surface area (Å²) in [4.78, 5) is 18.1. The van der Waals surface area contributed by atoms with Crippen LogP contribution in [0.3, 0.4) is 0 Å². The molecule has 0 bridgehead atoms. The Balaban J connectivity index is 1.06. The van der Waals surface area contributed by atoms with Gasteiger partial charge in [0, 0.05) is 48.2 Å². The van der Waals surface area contributed by atoms with Crippen LogP contribution in [-0.4, -0.2) is 15.0 Å². The van der Waals surface area contributed by atoms with Gasteiger partial charge in [0.1, 0.15) is 11.2 Å². The average molecular weight is 788 g/mol. The van der Waals surface area contributed by atoms with Crippen LogP contribution in [0.5, 0.6) is 0 Å². The topological polar surface area (TPSA) is 51.8 Å². The van der Waals surface area contributed by atoms with Crippen LogP contribution in [0, 0.1) is 0 Å².